The number of nitrogens with zero attached hydrogens (tertiary/aromatic N) is 3. The van der Waals surface area contributed by atoms with Gasteiger partial charge >= 0.3 is 0 Å². The predicted octanol–water partition coefficient (Wildman–Crippen LogP) is 2.22. The topological polar surface area (TPSA) is 76.9 Å². The summed E-state index contributed by atoms with van der Waals surface area (Å²) in [5.74, 6) is 0.743. The number of benzene rings is 1. The van der Waals surface area contributed by atoms with Gasteiger partial charge in [-0.25, -0.2) is 23.1 Å². The zero-order valence-electron chi connectivity index (χ0n) is 12.5. The highest BCUT2D eigenvalue weighted by molar-refractivity contribution is 7.88. The first kappa shape index (κ1) is 15.9. The third-order valence-corrected chi connectivity index (χ3v) is 4.76. The van der Waals surface area contributed by atoms with Gasteiger partial charge in [0.25, 0.3) is 0 Å². The van der Waals surface area contributed by atoms with Gasteiger partial charge in [-0.3, -0.25) is 0 Å². The van der Waals surface area contributed by atoms with E-state index in [1.54, 1.807) is 6.20 Å². The summed E-state index contributed by atoms with van der Waals surface area (Å²) < 4.78 is 26.6. The summed E-state index contributed by atoms with van der Waals surface area (Å²) in [6.45, 7) is 0.821. The van der Waals surface area contributed by atoms with Crippen molar-refractivity contribution in [1.29, 1.82) is 0 Å². The largest absolute Gasteiger partial charge is 0.328 e. The van der Waals surface area contributed by atoms with Crippen LogP contribution >= 0.6 is 11.3 Å². The van der Waals surface area contributed by atoms with Crippen molar-refractivity contribution in [2.75, 3.05) is 12.8 Å². The average molecular weight is 348 g/mol. The van der Waals surface area contributed by atoms with E-state index in [1.165, 1.54) is 11.3 Å². The van der Waals surface area contributed by atoms with Crippen LogP contribution in [0, 0.1) is 0 Å². The highest BCUT2D eigenvalue weighted by atomic mass is 32.2. The van der Waals surface area contributed by atoms with Crippen molar-refractivity contribution in [2.45, 2.75) is 6.54 Å². The first-order chi connectivity index (χ1) is 11.0. The molecule has 3 aromatic rings. The second-order valence-corrected chi connectivity index (χ2v) is 7.71. The highest BCUT2D eigenvalue weighted by Crippen LogP contribution is 2.27. The van der Waals surface area contributed by atoms with E-state index in [0.29, 0.717) is 13.1 Å². The quantitative estimate of drug-likeness (QED) is 0.741. The van der Waals surface area contributed by atoms with Gasteiger partial charge in [-0.05, 0) is 0 Å². The van der Waals surface area contributed by atoms with Gasteiger partial charge in [0.1, 0.15) is 0 Å². The zero-order chi connectivity index (χ0) is 16.3. The van der Waals surface area contributed by atoms with Crippen LogP contribution in [-0.2, 0) is 16.6 Å². The van der Waals surface area contributed by atoms with E-state index >= 15 is 0 Å². The second kappa shape index (κ2) is 6.61. The zero-order valence-corrected chi connectivity index (χ0v) is 14.1. The first-order valence-electron chi connectivity index (χ1n) is 7.00. The van der Waals surface area contributed by atoms with Gasteiger partial charge in [-0.1, -0.05) is 30.3 Å². The van der Waals surface area contributed by atoms with Crippen LogP contribution in [0.5, 0.6) is 0 Å². The molecule has 0 spiro atoms. The van der Waals surface area contributed by atoms with Crippen LogP contribution in [0.25, 0.3) is 22.1 Å². The number of aromatic nitrogens is 3. The molecule has 0 radical (unpaired) electrons. The molecule has 0 amide bonds. The molecular formula is C15H16N4O2S2. The molecule has 0 saturated heterocycles. The molecule has 2 heterocycles. The van der Waals surface area contributed by atoms with Crippen molar-refractivity contribution in [2.24, 2.45) is 0 Å². The lowest BCUT2D eigenvalue weighted by Crippen LogP contribution is -2.26. The molecule has 23 heavy (non-hydrogen) atoms. The SMILES string of the molecule is CS(=O)(=O)NCCn1ccnc1-c1nc(-c2ccccc2)cs1. The lowest BCUT2D eigenvalue weighted by Gasteiger charge is -2.06. The van der Waals surface area contributed by atoms with Crippen LogP contribution < -0.4 is 4.72 Å². The summed E-state index contributed by atoms with van der Waals surface area (Å²) in [5, 5.41) is 2.81. The maximum Gasteiger partial charge on any atom is 0.208 e. The van der Waals surface area contributed by atoms with Crippen LogP contribution in [0.15, 0.2) is 48.1 Å². The van der Waals surface area contributed by atoms with Crippen molar-refractivity contribution in [3.8, 4) is 22.1 Å². The van der Waals surface area contributed by atoms with E-state index in [2.05, 4.69) is 14.7 Å². The Morgan fingerprint density at radius 1 is 1.26 bits per heavy atom. The third kappa shape index (κ3) is 4.04. The number of nitrogens with one attached hydrogen (secondary N) is 1. The Labute approximate surface area is 138 Å². The minimum atomic E-state index is -3.18. The van der Waals surface area contributed by atoms with E-state index in [9.17, 15) is 8.42 Å². The molecular weight excluding hydrogens is 332 g/mol. The Balaban J connectivity index is 1.78. The molecule has 0 saturated carbocycles. The summed E-state index contributed by atoms with van der Waals surface area (Å²) in [5.41, 5.74) is 1.97. The molecule has 0 fully saturated rings. The van der Waals surface area contributed by atoms with E-state index in [-0.39, 0.29) is 0 Å². The summed E-state index contributed by atoms with van der Waals surface area (Å²) in [4.78, 5) is 8.98. The van der Waals surface area contributed by atoms with Crippen molar-refractivity contribution >= 4 is 21.4 Å². The van der Waals surface area contributed by atoms with Gasteiger partial charge in [0.2, 0.25) is 10.0 Å². The summed E-state index contributed by atoms with van der Waals surface area (Å²) >= 11 is 1.52. The van der Waals surface area contributed by atoms with Crippen molar-refractivity contribution in [1.82, 2.24) is 19.3 Å². The summed E-state index contributed by atoms with van der Waals surface area (Å²) in [7, 11) is -3.18. The van der Waals surface area contributed by atoms with E-state index in [4.69, 9.17) is 0 Å². The fraction of sp³-hybridized carbons (Fsp3) is 0.200. The minimum absolute atomic E-state index is 0.319. The van der Waals surface area contributed by atoms with Crippen LogP contribution in [0.1, 0.15) is 0 Å². The van der Waals surface area contributed by atoms with Crippen LogP contribution in [0.2, 0.25) is 0 Å². The van der Waals surface area contributed by atoms with E-state index in [0.717, 1.165) is 28.3 Å². The maximum atomic E-state index is 11.1. The minimum Gasteiger partial charge on any atom is -0.328 e. The lowest BCUT2D eigenvalue weighted by atomic mass is 10.2. The molecule has 3 rings (SSSR count). The van der Waals surface area contributed by atoms with Crippen molar-refractivity contribution in [3.63, 3.8) is 0 Å². The molecule has 0 bridgehead atoms. The Hall–Kier alpha value is -2.03. The van der Waals surface area contributed by atoms with Gasteiger partial charge in [0.15, 0.2) is 10.8 Å². The average Bonchev–Trinajstić information content (AvgIpc) is 3.15. The fourth-order valence-electron chi connectivity index (χ4n) is 2.16. The lowest BCUT2D eigenvalue weighted by molar-refractivity contribution is 0.579. The molecule has 0 aliphatic carbocycles. The molecule has 0 aliphatic rings. The monoisotopic (exact) mass is 348 g/mol. The Bertz CT molecular complexity index is 885. The molecule has 1 aromatic carbocycles. The molecule has 8 heteroatoms. The van der Waals surface area contributed by atoms with Crippen LogP contribution in [0.3, 0.4) is 0 Å². The highest BCUT2D eigenvalue weighted by Gasteiger charge is 2.12. The molecule has 6 nitrogen and oxygen atoms in total. The first-order valence-corrected chi connectivity index (χ1v) is 9.77. The van der Waals surface area contributed by atoms with E-state index < -0.39 is 10.0 Å². The maximum absolute atomic E-state index is 11.1. The smallest absolute Gasteiger partial charge is 0.208 e. The van der Waals surface area contributed by atoms with Gasteiger partial charge in [-0.15, -0.1) is 11.3 Å². The van der Waals surface area contributed by atoms with Crippen molar-refractivity contribution in [3.05, 3.63) is 48.1 Å². The number of sulfonamides is 1. The number of hydrogen-bond acceptors (Lipinski definition) is 5. The molecule has 120 valence electrons. The Morgan fingerprint density at radius 2 is 2.04 bits per heavy atom. The van der Waals surface area contributed by atoms with Gasteiger partial charge in [0, 0.05) is 36.4 Å². The number of imidazole rings is 1. The molecule has 0 aliphatic heterocycles. The predicted molar refractivity (Wildman–Crippen MR) is 91.6 cm³/mol. The summed E-state index contributed by atoms with van der Waals surface area (Å²) in [6.07, 6.45) is 4.66. The Kier molecular flexibility index (Phi) is 4.56. The molecule has 2 aromatic heterocycles. The third-order valence-electron chi connectivity index (χ3n) is 3.20. The number of hydrogen-bond donors (Lipinski definition) is 1. The van der Waals surface area contributed by atoms with Crippen molar-refractivity contribution < 1.29 is 8.42 Å². The summed E-state index contributed by atoms with van der Waals surface area (Å²) in [6, 6.07) is 9.96. The molecule has 1 N–H and O–H groups in total. The van der Waals surface area contributed by atoms with Gasteiger partial charge in [-0.2, -0.15) is 0 Å². The number of rotatable bonds is 6. The second-order valence-electron chi connectivity index (χ2n) is 5.01. The molecule has 0 atom stereocenters. The van der Waals surface area contributed by atoms with E-state index in [1.807, 2.05) is 46.5 Å². The number of thiazole rings is 1. The van der Waals surface area contributed by atoms with Crippen LogP contribution in [-0.4, -0.2) is 35.8 Å². The fourth-order valence-corrected chi connectivity index (χ4v) is 3.46. The standard InChI is InChI=1S/C15H16N4O2S2/c1-23(20,21)17-8-10-19-9-7-16-14(19)15-18-13(11-22-15)12-5-3-2-4-6-12/h2-7,9,11,17H,8,10H2,1H3. The molecule has 0 unspecified atom stereocenters. The normalized spacial score (nSPS) is 11.7. The van der Waals surface area contributed by atoms with Crippen LogP contribution in [0.4, 0.5) is 0 Å². The van der Waals surface area contributed by atoms with Gasteiger partial charge in [0.05, 0.1) is 11.9 Å². The van der Waals surface area contributed by atoms with Gasteiger partial charge < -0.3 is 4.57 Å². The Morgan fingerprint density at radius 3 is 2.78 bits per heavy atom.